The molecule has 1 aliphatic heterocycles. The number of aromatic nitrogens is 2. The first-order valence-corrected chi connectivity index (χ1v) is 9.46. The second kappa shape index (κ2) is 6.83. The van der Waals surface area contributed by atoms with Crippen molar-refractivity contribution >= 4 is 5.91 Å². The quantitative estimate of drug-likeness (QED) is 0.889. The Labute approximate surface area is 153 Å². The predicted octanol–water partition coefficient (Wildman–Crippen LogP) is 2.68. The Morgan fingerprint density at radius 3 is 2.96 bits per heavy atom. The van der Waals surface area contributed by atoms with Crippen LogP contribution in [-0.4, -0.2) is 34.3 Å². The summed E-state index contributed by atoms with van der Waals surface area (Å²) in [5.41, 5.74) is 3.68. The molecular weight excluding hydrogens is 331 g/mol. The largest absolute Gasteiger partial charge is 0.346 e. The van der Waals surface area contributed by atoms with Crippen LogP contribution >= 0.6 is 0 Å². The van der Waals surface area contributed by atoms with Crippen molar-refractivity contribution in [2.24, 2.45) is 0 Å². The first-order chi connectivity index (χ1) is 12.5. The number of carbonyl (C=O) groups excluding carboxylic acids is 1. The van der Waals surface area contributed by atoms with Crippen molar-refractivity contribution in [1.29, 1.82) is 0 Å². The zero-order valence-electron chi connectivity index (χ0n) is 15.3. The van der Waals surface area contributed by atoms with Crippen molar-refractivity contribution in [3.63, 3.8) is 0 Å². The van der Waals surface area contributed by atoms with Crippen molar-refractivity contribution in [3.8, 4) is 5.69 Å². The highest BCUT2D eigenvalue weighted by atomic mass is 19.1. The van der Waals surface area contributed by atoms with Crippen LogP contribution in [0.15, 0.2) is 18.2 Å². The minimum absolute atomic E-state index is 0.106. The maximum Gasteiger partial charge on any atom is 0.272 e. The van der Waals surface area contributed by atoms with Crippen molar-refractivity contribution in [2.45, 2.75) is 58.0 Å². The van der Waals surface area contributed by atoms with Gasteiger partial charge in [0.2, 0.25) is 0 Å². The fraction of sp³-hybridized carbons (Fsp3) is 0.500. The first-order valence-electron chi connectivity index (χ1n) is 9.46. The summed E-state index contributed by atoms with van der Waals surface area (Å²) in [6.45, 7) is 4.94. The number of benzene rings is 1. The van der Waals surface area contributed by atoms with Gasteiger partial charge in [0.25, 0.3) is 5.91 Å². The molecular formula is C20H25FN4O. The first kappa shape index (κ1) is 17.2. The molecule has 4 rings (SSSR count). The van der Waals surface area contributed by atoms with Gasteiger partial charge in [-0.2, -0.15) is 5.10 Å². The van der Waals surface area contributed by atoms with Gasteiger partial charge in [0, 0.05) is 23.3 Å². The molecule has 1 aromatic heterocycles. The second-order valence-corrected chi connectivity index (χ2v) is 7.46. The standard InChI is InChI=1S/C20H25FN4O/c1-12-8-9-18(15(21)11-12)25-17-7-3-5-14(17)19(24-25)20(26)23-16-6-4-10-22-13(16)2/h8-9,11,13,16,22H,3-7,10H2,1-2H3,(H,23,26). The molecule has 0 bridgehead atoms. The Morgan fingerprint density at radius 2 is 2.19 bits per heavy atom. The van der Waals surface area contributed by atoms with Crippen LogP contribution in [0.4, 0.5) is 4.39 Å². The molecule has 26 heavy (non-hydrogen) atoms. The van der Waals surface area contributed by atoms with Crippen LogP contribution in [0.1, 0.15) is 53.5 Å². The van der Waals surface area contributed by atoms with Gasteiger partial charge < -0.3 is 10.6 Å². The van der Waals surface area contributed by atoms with E-state index in [1.54, 1.807) is 10.7 Å². The van der Waals surface area contributed by atoms with Gasteiger partial charge in [-0.05, 0) is 70.2 Å². The van der Waals surface area contributed by atoms with E-state index in [2.05, 4.69) is 22.7 Å². The number of amides is 1. The third-order valence-corrected chi connectivity index (χ3v) is 5.55. The molecule has 1 aromatic carbocycles. The minimum Gasteiger partial charge on any atom is -0.346 e. The lowest BCUT2D eigenvalue weighted by Crippen LogP contribution is -2.52. The van der Waals surface area contributed by atoms with Crippen LogP contribution in [0.2, 0.25) is 0 Å². The molecule has 0 radical (unpaired) electrons. The highest BCUT2D eigenvalue weighted by molar-refractivity contribution is 5.94. The molecule has 1 amide bonds. The molecule has 138 valence electrons. The number of nitrogens with zero attached hydrogens (tertiary/aromatic N) is 2. The third kappa shape index (κ3) is 3.03. The van der Waals surface area contributed by atoms with E-state index in [9.17, 15) is 9.18 Å². The fourth-order valence-corrected chi connectivity index (χ4v) is 4.08. The molecule has 2 aromatic rings. The molecule has 1 saturated heterocycles. The van der Waals surface area contributed by atoms with Gasteiger partial charge in [0.15, 0.2) is 5.69 Å². The van der Waals surface area contributed by atoms with Gasteiger partial charge in [-0.1, -0.05) is 6.07 Å². The summed E-state index contributed by atoms with van der Waals surface area (Å²) in [4.78, 5) is 12.9. The number of carbonyl (C=O) groups is 1. The van der Waals surface area contributed by atoms with Gasteiger partial charge in [0.05, 0.1) is 0 Å². The maximum absolute atomic E-state index is 14.5. The number of rotatable bonds is 3. The number of halogens is 1. The van der Waals surface area contributed by atoms with E-state index in [4.69, 9.17) is 0 Å². The van der Waals surface area contributed by atoms with Gasteiger partial charge >= 0.3 is 0 Å². The summed E-state index contributed by atoms with van der Waals surface area (Å²) in [6.07, 6.45) is 4.64. The summed E-state index contributed by atoms with van der Waals surface area (Å²) < 4.78 is 16.1. The second-order valence-electron chi connectivity index (χ2n) is 7.46. The summed E-state index contributed by atoms with van der Waals surface area (Å²) in [5, 5.41) is 11.1. The highest BCUT2D eigenvalue weighted by Gasteiger charge is 2.30. The molecule has 1 fully saturated rings. The van der Waals surface area contributed by atoms with E-state index in [-0.39, 0.29) is 23.8 Å². The Hall–Kier alpha value is -2.21. The Morgan fingerprint density at radius 1 is 1.35 bits per heavy atom. The van der Waals surface area contributed by atoms with Gasteiger partial charge in [-0.15, -0.1) is 0 Å². The summed E-state index contributed by atoms with van der Waals surface area (Å²) >= 11 is 0. The van der Waals surface area contributed by atoms with Crippen LogP contribution in [0.5, 0.6) is 0 Å². The maximum atomic E-state index is 14.5. The molecule has 2 heterocycles. The van der Waals surface area contributed by atoms with Crippen molar-refractivity contribution in [1.82, 2.24) is 20.4 Å². The number of fused-ring (bicyclic) bond motifs is 1. The number of piperidine rings is 1. The molecule has 2 unspecified atom stereocenters. The third-order valence-electron chi connectivity index (χ3n) is 5.55. The van der Waals surface area contributed by atoms with Gasteiger partial charge in [0.1, 0.15) is 11.5 Å². The molecule has 5 nitrogen and oxygen atoms in total. The summed E-state index contributed by atoms with van der Waals surface area (Å²) in [5.74, 6) is -0.450. The van der Waals surface area contributed by atoms with Crippen LogP contribution in [-0.2, 0) is 12.8 Å². The molecule has 2 aliphatic rings. The number of aryl methyl sites for hydroxylation is 1. The van der Waals surface area contributed by atoms with Crippen LogP contribution in [0, 0.1) is 12.7 Å². The molecule has 2 N–H and O–H groups in total. The zero-order chi connectivity index (χ0) is 18.3. The van der Waals surface area contributed by atoms with Gasteiger partial charge in [-0.25, -0.2) is 9.07 Å². The predicted molar refractivity (Wildman–Crippen MR) is 98.2 cm³/mol. The van der Waals surface area contributed by atoms with E-state index >= 15 is 0 Å². The summed E-state index contributed by atoms with van der Waals surface area (Å²) in [6, 6.07) is 5.47. The van der Waals surface area contributed by atoms with E-state index in [0.717, 1.165) is 55.5 Å². The van der Waals surface area contributed by atoms with Crippen molar-refractivity contribution in [2.75, 3.05) is 6.54 Å². The smallest absolute Gasteiger partial charge is 0.272 e. The average molecular weight is 356 g/mol. The Kier molecular flexibility index (Phi) is 4.53. The lowest BCUT2D eigenvalue weighted by molar-refractivity contribution is 0.0913. The number of hydrogen-bond donors (Lipinski definition) is 2. The molecule has 2 atom stereocenters. The Balaban J connectivity index is 1.66. The lowest BCUT2D eigenvalue weighted by atomic mass is 9.99. The molecule has 6 heteroatoms. The van der Waals surface area contributed by atoms with E-state index in [1.165, 1.54) is 6.07 Å². The van der Waals surface area contributed by atoms with Gasteiger partial charge in [-0.3, -0.25) is 4.79 Å². The van der Waals surface area contributed by atoms with E-state index < -0.39 is 0 Å². The van der Waals surface area contributed by atoms with E-state index in [1.807, 2.05) is 13.0 Å². The topological polar surface area (TPSA) is 59.0 Å². The normalized spacial score (nSPS) is 22.3. The van der Waals surface area contributed by atoms with Crippen molar-refractivity contribution < 1.29 is 9.18 Å². The van der Waals surface area contributed by atoms with Crippen LogP contribution in [0.3, 0.4) is 0 Å². The van der Waals surface area contributed by atoms with E-state index in [0.29, 0.717) is 11.4 Å². The number of hydrogen-bond acceptors (Lipinski definition) is 3. The van der Waals surface area contributed by atoms with Crippen molar-refractivity contribution in [3.05, 3.63) is 46.5 Å². The lowest BCUT2D eigenvalue weighted by Gasteiger charge is -2.30. The fourth-order valence-electron chi connectivity index (χ4n) is 4.08. The number of nitrogens with one attached hydrogen (secondary N) is 2. The zero-order valence-corrected chi connectivity index (χ0v) is 15.3. The van der Waals surface area contributed by atoms with Crippen LogP contribution in [0.25, 0.3) is 5.69 Å². The van der Waals surface area contributed by atoms with Crippen LogP contribution < -0.4 is 10.6 Å². The minimum atomic E-state index is -0.306. The molecule has 0 saturated carbocycles. The SMILES string of the molecule is Cc1ccc(-n2nc(C(=O)NC3CCCNC3C)c3c2CCC3)c(F)c1. The average Bonchev–Trinajstić information content (AvgIpc) is 3.20. The summed E-state index contributed by atoms with van der Waals surface area (Å²) in [7, 11) is 0. The Bertz CT molecular complexity index is 845. The molecule has 1 aliphatic carbocycles. The highest BCUT2D eigenvalue weighted by Crippen LogP contribution is 2.29. The monoisotopic (exact) mass is 356 g/mol. The molecule has 0 spiro atoms.